The number of aromatic nitrogens is 1. The molecule has 0 radical (unpaired) electrons. The molecule has 1 fully saturated rings. The lowest BCUT2D eigenvalue weighted by Gasteiger charge is -2.13. The lowest BCUT2D eigenvalue weighted by atomic mass is 9.93. The minimum Gasteiger partial charge on any atom is -0.447 e. The summed E-state index contributed by atoms with van der Waals surface area (Å²) >= 11 is 0. The van der Waals surface area contributed by atoms with Crippen LogP contribution < -0.4 is 5.32 Å². The van der Waals surface area contributed by atoms with Gasteiger partial charge in [0, 0.05) is 5.41 Å². The Morgan fingerprint density at radius 3 is 2.79 bits per heavy atom. The lowest BCUT2D eigenvalue weighted by molar-refractivity contribution is 0.429. The van der Waals surface area contributed by atoms with E-state index in [2.05, 4.69) is 31.1 Å². The van der Waals surface area contributed by atoms with Gasteiger partial charge in [0.05, 0.1) is 11.7 Å². The van der Waals surface area contributed by atoms with Crippen LogP contribution in [0.15, 0.2) is 10.7 Å². The molecule has 1 N–H and O–H groups in total. The summed E-state index contributed by atoms with van der Waals surface area (Å²) in [5.74, 6) is 0.854. The van der Waals surface area contributed by atoms with Gasteiger partial charge in [-0.2, -0.15) is 0 Å². The molecule has 14 heavy (non-hydrogen) atoms. The molecule has 2 rings (SSSR count). The second kappa shape index (κ2) is 3.39. The predicted octanol–water partition coefficient (Wildman–Crippen LogP) is 2.40. The van der Waals surface area contributed by atoms with E-state index in [1.807, 2.05) is 0 Å². The van der Waals surface area contributed by atoms with Crippen molar-refractivity contribution in [2.24, 2.45) is 0 Å². The van der Waals surface area contributed by atoms with Crippen LogP contribution in [0, 0.1) is 0 Å². The molecule has 2 heterocycles. The molecule has 1 aliphatic rings. The first kappa shape index (κ1) is 9.71. The second-order valence-electron chi connectivity index (χ2n) is 4.97. The van der Waals surface area contributed by atoms with Crippen molar-refractivity contribution in [1.82, 2.24) is 10.3 Å². The smallest absolute Gasteiger partial charge is 0.211 e. The molecule has 1 aromatic heterocycles. The third kappa shape index (κ3) is 1.82. The van der Waals surface area contributed by atoms with E-state index < -0.39 is 0 Å². The summed E-state index contributed by atoms with van der Waals surface area (Å²) in [6.07, 6.45) is 4.15. The van der Waals surface area contributed by atoms with Crippen LogP contribution in [0.25, 0.3) is 0 Å². The van der Waals surface area contributed by atoms with Crippen LogP contribution in [0.5, 0.6) is 0 Å². The van der Waals surface area contributed by atoms with E-state index in [0.717, 1.165) is 24.6 Å². The minimum atomic E-state index is 0.0837. The molecular weight excluding hydrogens is 176 g/mol. The highest BCUT2D eigenvalue weighted by Gasteiger charge is 2.24. The van der Waals surface area contributed by atoms with Crippen LogP contribution in [-0.4, -0.2) is 11.5 Å². The standard InChI is InChI=1S/C11H18N2O/c1-11(2,3)9-7-14-10(13-9)8-5-4-6-12-8/h7-8,12H,4-6H2,1-3H3/t8-/m0/s1. The van der Waals surface area contributed by atoms with E-state index in [4.69, 9.17) is 4.42 Å². The van der Waals surface area contributed by atoms with Crippen molar-refractivity contribution >= 4 is 0 Å². The zero-order valence-electron chi connectivity index (χ0n) is 9.13. The second-order valence-corrected chi connectivity index (χ2v) is 4.97. The summed E-state index contributed by atoms with van der Waals surface area (Å²) in [4.78, 5) is 4.53. The van der Waals surface area contributed by atoms with E-state index in [-0.39, 0.29) is 5.41 Å². The molecule has 1 aliphatic heterocycles. The Morgan fingerprint density at radius 1 is 1.50 bits per heavy atom. The Kier molecular flexibility index (Phi) is 2.35. The average Bonchev–Trinajstić information content (AvgIpc) is 2.73. The topological polar surface area (TPSA) is 38.1 Å². The molecule has 78 valence electrons. The molecular formula is C11H18N2O. The monoisotopic (exact) mass is 194 g/mol. The first-order valence-corrected chi connectivity index (χ1v) is 5.26. The van der Waals surface area contributed by atoms with Gasteiger partial charge in [-0.1, -0.05) is 20.8 Å². The van der Waals surface area contributed by atoms with Crippen molar-refractivity contribution in [2.45, 2.75) is 45.1 Å². The summed E-state index contributed by atoms with van der Waals surface area (Å²) in [6, 6.07) is 0.339. The average molecular weight is 194 g/mol. The third-order valence-corrected chi connectivity index (χ3v) is 2.65. The Morgan fingerprint density at radius 2 is 2.29 bits per heavy atom. The van der Waals surface area contributed by atoms with Gasteiger partial charge in [-0.05, 0) is 19.4 Å². The summed E-state index contributed by atoms with van der Waals surface area (Å²) in [5, 5.41) is 3.38. The molecule has 0 bridgehead atoms. The molecule has 1 saturated heterocycles. The van der Waals surface area contributed by atoms with Crippen molar-refractivity contribution < 1.29 is 4.42 Å². The maximum atomic E-state index is 5.50. The Labute approximate surface area is 84.9 Å². The maximum absolute atomic E-state index is 5.50. The number of hydrogen-bond acceptors (Lipinski definition) is 3. The van der Waals surface area contributed by atoms with Gasteiger partial charge in [-0.25, -0.2) is 4.98 Å². The van der Waals surface area contributed by atoms with Gasteiger partial charge in [0.1, 0.15) is 6.26 Å². The largest absolute Gasteiger partial charge is 0.447 e. The minimum absolute atomic E-state index is 0.0837. The Balaban J connectivity index is 2.17. The van der Waals surface area contributed by atoms with Crippen molar-refractivity contribution in [2.75, 3.05) is 6.54 Å². The molecule has 1 atom stereocenters. The van der Waals surface area contributed by atoms with Gasteiger partial charge in [-0.15, -0.1) is 0 Å². The molecule has 3 nitrogen and oxygen atoms in total. The van der Waals surface area contributed by atoms with E-state index in [1.54, 1.807) is 6.26 Å². The molecule has 0 saturated carbocycles. The van der Waals surface area contributed by atoms with E-state index in [1.165, 1.54) is 6.42 Å². The van der Waals surface area contributed by atoms with Crippen LogP contribution >= 0.6 is 0 Å². The molecule has 0 aliphatic carbocycles. The molecule has 1 aromatic rings. The van der Waals surface area contributed by atoms with Crippen LogP contribution in [-0.2, 0) is 5.41 Å². The summed E-state index contributed by atoms with van der Waals surface area (Å²) < 4.78 is 5.50. The van der Waals surface area contributed by atoms with Gasteiger partial charge < -0.3 is 9.73 Å². The van der Waals surface area contributed by atoms with E-state index in [9.17, 15) is 0 Å². The molecule has 3 heteroatoms. The SMILES string of the molecule is CC(C)(C)c1coc([C@@H]2CCCN2)n1. The van der Waals surface area contributed by atoms with Gasteiger partial charge in [-0.3, -0.25) is 0 Å². The van der Waals surface area contributed by atoms with Gasteiger partial charge >= 0.3 is 0 Å². The highest BCUT2D eigenvalue weighted by molar-refractivity contribution is 5.10. The van der Waals surface area contributed by atoms with E-state index in [0.29, 0.717) is 6.04 Å². The van der Waals surface area contributed by atoms with Gasteiger partial charge in [0.25, 0.3) is 0 Å². The predicted molar refractivity (Wildman–Crippen MR) is 55.2 cm³/mol. The fraction of sp³-hybridized carbons (Fsp3) is 0.727. The van der Waals surface area contributed by atoms with E-state index >= 15 is 0 Å². The lowest BCUT2D eigenvalue weighted by Crippen LogP contribution is -2.15. The van der Waals surface area contributed by atoms with Gasteiger partial charge in [0.2, 0.25) is 5.89 Å². The van der Waals surface area contributed by atoms with Crippen LogP contribution in [0.3, 0.4) is 0 Å². The van der Waals surface area contributed by atoms with Crippen molar-refractivity contribution in [3.63, 3.8) is 0 Å². The van der Waals surface area contributed by atoms with Crippen molar-refractivity contribution in [3.8, 4) is 0 Å². The molecule has 0 aromatic carbocycles. The third-order valence-electron chi connectivity index (χ3n) is 2.65. The Hall–Kier alpha value is -0.830. The maximum Gasteiger partial charge on any atom is 0.211 e. The zero-order valence-corrected chi connectivity index (χ0v) is 9.13. The molecule has 0 amide bonds. The van der Waals surface area contributed by atoms with Crippen LogP contribution in [0.4, 0.5) is 0 Å². The number of nitrogens with zero attached hydrogens (tertiary/aromatic N) is 1. The highest BCUT2D eigenvalue weighted by Crippen LogP contribution is 2.26. The number of nitrogens with one attached hydrogen (secondary N) is 1. The highest BCUT2D eigenvalue weighted by atomic mass is 16.3. The van der Waals surface area contributed by atoms with Gasteiger partial charge in [0.15, 0.2) is 0 Å². The van der Waals surface area contributed by atoms with Crippen LogP contribution in [0.2, 0.25) is 0 Å². The number of rotatable bonds is 1. The van der Waals surface area contributed by atoms with Crippen molar-refractivity contribution in [3.05, 3.63) is 17.8 Å². The molecule has 0 unspecified atom stereocenters. The normalized spacial score (nSPS) is 22.9. The molecule has 0 spiro atoms. The Bertz CT molecular complexity index is 305. The summed E-state index contributed by atoms with van der Waals surface area (Å²) in [5.41, 5.74) is 1.13. The fourth-order valence-electron chi connectivity index (χ4n) is 1.69. The summed E-state index contributed by atoms with van der Waals surface area (Å²) in [6.45, 7) is 7.53. The number of hydrogen-bond donors (Lipinski definition) is 1. The zero-order chi connectivity index (χ0) is 10.2. The quantitative estimate of drug-likeness (QED) is 0.746. The van der Waals surface area contributed by atoms with Crippen molar-refractivity contribution in [1.29, 1.82) is 0 Å². The number of oxazole rings is 1. The summed E-state index contributed by atoms with van der Waals surface area (Å²) in [7, 11) is 0. The first-order chi connectivity index (χ1) is 6.57. The first-order valence-electron chi connectivity index (χ1n) is 5.26. The fourth-order valence-corrected chi connectivity index (χ4v) is 1.69. The van der Waals surface area contributed by atoms with Crippen LogP contribution in [0.1, 0.15) is 51.2 Å².